The van der Waals surface area contributed by atoms with Crippen LogP contribution in [0.15, 0.2) is 54.6 Å². The van der Waals surface area contributed by atoms with Crippen molar-refractivity contribution >= 4 is 5.78 Å². The van der Waals surface area contributed by atoms with Crippen LogP contribution in [0.2, 0.25) is 0 Å². The summed E-state index contributed by atoms with van der Waals surface area (Å²) in [5, 5.41) is 3.31. The molecule has 2 aromatic rings. The lowest BCUT2D eigenvalue weighted by Crippen LogP contribution is -2.33. The standard InChI is InChI=1S/C18H19NO2/c20-17(12-14-4-2-1-3-5-14)15-6-8-16(9-7-15)18-13-19-10-11-21-18/h1-9,18-19H,10-13H2. The van der Waals surface area contributed by atoms with Crippen LogP contribution >= 0.6 is 0 Å². The Morgan fingerprint density at radius 3 is 2.52 bits per heavy atom. The van der Waals surface area contributed by atoms with Gasteiger partial charge in [-0.05, 0) is 11.1 Å². The van der Waals surface area contributed by atoms with Gasteiger partial charge in [0, 0.05) is 25.1 Å². The lowest BCUT2D eigenvalue weighted by Gasteiger charge is -2.24. The van der Waals surface area contributed by atoms with Crippen LogP contribution in [-0.4, -0.2) is 25.5 Å². The van der Waals surface area contributed by atoms with Gasteiger partial charge in [0.15, 0.2) is 5.78 Å². The maximum Gasteiger partial charge on any atom is 0.167 e. The van der Waals surface area contributed by atoms with Gasteiger partial charge >= 0.3 is 0 Å². The number of nitrogens with one attached hydrogen (secondary N) is 1. The number of rotatable bonds is 4. The maximum atomic E-state index is 12.3. The average molecular weight is 281 g/mol. The third-order valence-electron chi connectivity index (χ3n) is 3.74. The molecule has 1 atom stereocenters. The van der Waals surface area contributed by atoms with Crippen molar-refractivity contribution < 1.29 is 9.53 Å². The zero-order valence-corrected chi connectivity index (χ0v) is 11.9. The van der Waals surface area contributed by atoms with Crippen molar-refractivity contribution in [2.24, 2.45) is 0 Å². The average Bonchev–Trinajstić information content (AvgIpc) is 2.57. The van der Waals surface area contributed by atoms with Gasteiger partial charge in [0.1, 0.15) is 0 Å². The maximum absolute atomic E-state index is 12.3. The Kier molecular flexibility index (Phi) is 4.43. The highest BCUT2D eigenvalue weighted by molar-refractivity contribution is 5.97. The van der Waals surface area contributed by atoms with Crippen LogP contribution in [-0.2, 0) is 11.2 Å². The number of ketones is 1. The van der Waals surface area contributed by atoms with E-state index in [-0.39, 0.29) is 11.9 Å². The van der Waals surface area contributed by atoms with Crippen LogP contribution in [0.3, 0.4) is 0 Å². The van der Waals surface area contributed by atoms with Gasteiger partial charge in [-0.25, -0.2) is 0 Å². The number of Topliss-reactive ketones (excluding diaryl/α,β-unsaturated/α-hetero) is 1. The first-order chi connectivity index (χ1) is 10.3. The molecule has 0 aromatic heterocycles. The molecule has 1 unspecified atom stereocenters. The molecule has 0 amide bonds. The van der Waals surface area contributed by atoms with Crippen molar-refractivity contribution in [2.75, 3.05) is 19.7 Å². The lowest BCUT2D eigenvalue weighted by molar-refractivity contribution is 0.0277. The van der Waals surface area contributed by atoms with Gasteiger partial charge in [-0.15, -0.1) is 0 Å². The predicted molar refractivity (Wildman–Crippen MR) is 82.5 cm³/mol. The van der Waals surface area contributed by atoms with E-state index in [4.69, 9.17) is 4.74 Å². The van der Waals surface area contributed by atoms with Crippen LogP contribution in [0.5, 0.6) is 0 Å². The zero-order chi connectivity index (χ0) is 14.5. The molecule has 108 valence electrons. The number of carbonyl (C=O) groups excluding carboxylic acids is 1. The number of ether oxygens (including phenoxy) is 1. The summed E-state index contributed by atoms with van der Waals surface area (Å²) in [6, 6.07) is 17.6. The largest absolute Gasteiger partial charge is 0.371 e. The summed E-state index contributed by atoms with van der Waals surface area (Å²) < 4.78 is 5.71. The van der Waals surface area contributed by atoms with Crippen molar-refractivity contribution in [3.05, 3.63) is 71.3 Å². The van der Waals surface area contributed by atoms with E-state index in [2.05, 4.69) is 5.32 Å². The minimum Gasteiger partial charge on any atom is -0.371 e. The molecule has 1 heterocycles. The minimum absolute atomic E-state index is 0.0945. The van der Waals surface area contributed by atoms with E-state index in [1.54, 1.807) is 0 Å². The summed E-state index contributed by atoms with van der Waals surface area (Å²) in [5.41, 5.74) is 2.93. The van der Waals surface area contributed by atoms with Gasteiger partial charge in [-0.2, -0.15) is 0 Å². The third kappa shape index (κ3) is 3.57. The van der Waals surface area contributed by atoms with E-state index in [0.29, 0.717) is 6.42 Å². The summed E-state index contributed by atoms with van der Waals surface area (Å²) >= 11 is 0. The van der Waals surface area contributed by atoms with E-state index in [0.717, 1.165) is 36.4 Å². The Bertz CT molecular complexity index is 586. The molecule has 0 aliphatic carbocycles. The second kappa shape index (κ2) is 6.66. The predicted octanol–water partition coefficient (Wildman–Crippen LogP) is 2.77. The van der Waals surface area contributed by atoms with Crippen LogP contribution in [0.4, 0.5) is 0 Å². The molecule has 1 aliphatic rings. The van der Waals surface area contributed by atoms with Gasteiger partial charge in [0.25, 0.3) is 0 Å². The molecule has 0 spiro atoms. The van der Waals surface area contributed by atoms with E-state index < -0.39 is 0 Å². The molecule has 3 heteroatoms. The van der Waals surface area contributed by atoms with E-state index in [1.165, 1.54) is 0 Å². The summed E-state index contributed by atoms with van der Waals surface area (Å²) in [6.45, 7) is 2.47. The van der Waals surface area contributed by atoms with Gasteiger partial charge in [-0.1, -0.05) is 54.6 Å². The molecule has 3 rings (SSSR count). The molecule has 2 aromatic carbocycles. The molecule has 0 radical (unpaired) electrons. The van der Waals surface area contributed by atoms with Gasteiger partial charge in [0.2, 0.25) is 0 Å². The van der Waals surface area contributed by atoms with Gasteiger partial charge < -0.3 is 10.1 Å². The topological polar surface area (TPSA) is 38.3 Å². The zero-order valence-electron chi connectivity index (χ0n) is 11.9. The Balaban J connectivity index is 1.67. The van der Waals surface area contributed by atoms with Crippen molar-refractivity contribution in [1.29, 1.82) is 0 Å². The smallest absolute Gasteiger partial charge is 0.167 e. The number of hydrogen-bond donors (Lipinski definition) is 1. The SMILES string of the molecule is O=C(Cc1ccccc1)c1ccc(C2CNCCO2)cc1. The molecule has 1 fully saturated rings. The molecule has 0 bridgehead atoms. The second-order valence-corrected chi connectivity index (χ2v) is 5.27. The Morgan fingerprint density at radius 2 is 1.86 bits per heavy atom. The van der Waals surface area contributed by atoms with Crippen molar-refractivity contribution in [3.8, 4) is 0 Å². The Labute approximate surface area is 124 Å². The number of hydrogen-bond acceptors (Lipinski definition) is 3. The quantitative estimate of drug-likeness (QED) is 0.876. The third-order valence-corrected chi connectivity index (χ3v) is 3.74. The van der Waals surface area contributed by atoms with Gasteiger partial charge in [0.05, 0.1) is 12.7 Å². The fourth-order valence-corrected chi connectivity index (χ4v) is 2.55. The van der Waals surface area contributed by atoms with E-state index in [9.17, 15) is 4.79 Å². The summed E-state index contributed by atoms with van der Waals surface area (Å²) in [4.78, 5) is 12.3. The van der Waals surface area contributed by atoms with Crippen LogP contribution < -0.4 is 5.32 Å². The highest BCUT2D eigenvalue weighted by atomic mass is 16.5. The number of benzene rings is 2. The lowest BCUT2D eigenvalue weighted by atomic mass is 10.0. The monoisotopic (exact) mass is 281 g/mol. The number of carbonyl (C=O) groups is 1. The van der Waals surface area contributed by atoms with E-state index >= 15 is 0 Å². The van der Waals surface area contributed by atoms with Crippen molar-refractivity contribution in [1.82, 2.24) is 5.32 Å². The minimum atomic E-state index is 0.0945. The van der Waals surface area contributed by atoms with Crippen LogP contribution in [0.1, 0.15) is 27.6 Å². The van der Waals surface area contributed by atoms with Crippen LogP contribution in [0, 0.1) is 0 Å². The molecular formula is C18H19NO2. The molecular weight excluding hydrogens is 262 g/mol. The first-order valence-electron chi connectivity index (χ1n) is 7.32. The first-order valence-corrected chi connectivity index (χ1v) is 7.32. The first kappa shape index (κ1) is 14.0. The molecule has 0 saturated carbocycles. The van der Waals surface area contributed by atoms with Crippen molar-refractivity contribution in [2.45, 2.75) is 12.5 Å². The van der Waals surface area contributed by atoms with E-state index in [1.807, 2.05) is 54.6 Å². The molecule has 1 aliphatic heterocycles. The van der Waals surface area contributed by atoms with Crippen molar-refractivity contribution in [3.63, 3.8) is 0 Å². The fraction of sp³-hybridized carbons (Fsp3) is 0.278. The highest BCUT2D eigenvalue weighted by Crippen LogP contribution is 2.19. The highest BCUT2D eigenvalue weighted by Gasteiger charge is 2.16. The normalized spacial score (nSPS) is 18.4. The Morgan fingerprint density at radius 1 is 1.10 bits per heavy atom. The molecule has 3 nitrogen and oxygen atoms in total. The fourth-order valence-electron chi connectivity index (χ4n) is 2.55. The second-order valence-electron chi connectivity index (χ2n) is 5.27. The summed E-state index contributed by atoms with van der Waals surface area (Å²) in [6.07, 6.45) is 0.541. The molecule has 1 N–H and O–H groups in total. The molecule has 21 heavy (non-hydrogen) atoms. The number of morpholine rings is 1. The summed E-state index contributed by atoms with van der Waals surface area (Å²) in [7, 11) is 0. The van der Waals surface area contributed by atoms with Crippen LogP contribution in [0.25, 0.3) is 0 Å². The summed E-state index contributed by atoms with van der Waals surface area (Å²) in [5.74, 6) is 0.149. The Hall–Kier alpha value is -1.97. The molecule has 1 saturated heterocycles. The van der Waals surface area contributed by atoms with Gasteiger partial charge in [-0.3, -0.25) is 4.79 Å².